The fraction of sp³-hybridized carbons (Fsp3) is 0.762. The maximum absolute atomic E-state index is 15.2. The van der Waals surface area contributed by atoms with Crippen molar-refractivity contribution in [2.24, 2.45) is 41.4 Å². The largest absolute Gasteiger partial charge is 0.390 e. The van der Waals surface area contributed by atoms with Gasteiger partial charge in [-0.1, -0.05) is 116 Å². The summed E-state index contributed by atoms with van der Waals surface area (Å²) >= 11 is 0. The molecule has 1 saturated heterocycles. The number of aliphatic hydroxyl groups excluding tert-OH is 1. The lowest BCUT2D eigenvalue weighted by atomic mass is 9.91. The van der Waals surface area contributed by atoms with E-state index < -0.39 is 149 Å². The summed E-state index contributed by atoms with van der Waals surface area (Å²) in [5.41, 5.74) is -0.363. The van der Waals surface area contributed by atoms with Gasteiger partial charge in [0, 0.05) is 49.3 Å². The van der Waals surface area contributed by atoms with E-state index in [0.29, 0.717) is 6.42 Å². The highest BCUT2D eigenvalue weighted by molar-refractivity contribution is 6.02. The molecule has 1 aliphatic rings. The first-order chi connectivity index (χ1) is 39.6. The Bertz CT molecular complexity index is 2410. The van der Waals surface area contributed by atoms with Crippen molar-refractivity contribution >= 4 is 65.0 Å². The first kappa shape index (κ1) is 77.6. The second-order valence-corrected chi connectivity index (χ2v) is 26.2. The van der Waals surface area contributed by atoms with Gasteiger partial charge in [-0.3, -0.25) is 52.7 Å². The quantitative estimate of drug-likeness (QED) is 0.116. The number of carbonyl (C=O) groups is 11. The van der Waals surface area contributed by atoms with Crippen molar-refractivity contribution in [3.8, 4) is 0 Å². The second-order valence-electron chi connectivity index (χ2n) is 26.2. The third kappa shape index (κ3) is 20.9. The highest BCUT2D eigenvalue weighted by Gasteiger charge is 2.46. The Morgan fingerprint density at radius 1 is 0.465 bits per heavy atom. The van der Waals surface area contributed by atoms with Crippen molar-refractivity contribution in [2.45, 2.75) is 223 Å². The molecule has 1 fully saturated rings. The summed E-state index contributed by atoms with van der Waals surface area (Å²) in [6.07, 6.45) is 2.87. The van der Waals surface area contributed by atoms with E-state index in [1.54, 1.807) is 60.6 Å². The van der Waals surface area contributed by atoms with Gasteiger partial charge in [-0.2, -0.15) is 0 Å². The van der Waals surface area contributed by atoms with Gasteiger partial charge in [-0.15, -0.1) is 0 Å². The Morgan fingerprint density at radius 2 is 0.872 bits per heavy atom. The molecule has 490 valence electrons. The zero-order chi connectivity index (χ0) is 66.8. The van der Waals surface area contributed by atoms with Crippen molar-refractivity contribution in [1.29, 1.82) is 0 Å². The van der Waals surface area contributed by atoms with Gasteiger partial charge in [0.15, 0.2) is 0 Å². The van der Waals surface area contributed by atoms with Crippen LogP contribution in [0, 0.1) is 41.4 Å². The smallest absolute Gasteiger partial charge is 0.270 e. The number of hydrogen-bond acceptors (Lipinski definition) is 12. The first-order valence-electron chi connectivity index (χ1n) is 30.7. The zero-order valence-electron chi connectivity index (χ0n) is 56.6. The average molecular weight is 1210 g/mol. The Morgan fingerprint density at radius 3 is 1.31 bits per heavy atom. The molecule has 0 aromatic rings. The molecule has 86 heavy (non-hydrogen) atoms. The van der Waals surface area contributed by atoms with Gasteiger partial charge in [0.25, 0.3) is 5.91 Å². The third-order valence-corrected chi connectivity index (χ3v) is 16.2. The fourth-order valence-electron chi connectivity index (χ4n) is 10.7. The van der Waals surface area contributed by atoms with E-state index in [1.807, 2.05) is 55.4 Å². The van der Waals surface area contributed by atoms with Crippen molar-refractivity contribution in [3.05, 3.63) is 24.4 Å². The second kappa shape index (κ2) is 34.8. The minimum Gasteiger partial charge on any atom is -0.390 e. The van der Waals surface area contributed by atoms with Gasteiger partial charge < -0.3 is 60.7 Å². The number of carbonyl (C=O) groups excluding carboxylic acids is 11. The predicted octanol–water partition coefficient (Wildman–Crippen LogP) is 3.78. The minimum absolute atomic E-state index is 0.0255. The van der Waals surface area contributed by atoms with Crippen LogP contribution in [0.1, 0.15) is 156 Å². The van der Waals surface area contributed by atoms with Gasteiger partial charge in [-0.25, -0.2) is 0 Å². The molecule has 5 N–H and O–H groups in total. The lowest BCUT2D eigenvalue weighted by molar-refractivity contribution is -0.157. The number of nitrogens with zero attached hydrogens (tertiary/aromatic N) is 7. The van der Waals surface area contributed by atoms with Crippen molar-refractivity contribution < 1.29 is 57.8 Å². The topological polar surface area (TPSA) is 279 Å². The molecule has 0 aromatic carbocycles. The van der Waals surface area contributed by atoms with E-state index in [9.17, 15) is 48.3 Å². The highest BCUT2D eigenvalue weighted by Crippen LogP contribution is 2.26. The summed E-state index contributed by atoms with van der Waals surface area (Å²) in [6, 6.07) is -12.6. The maximum atomic E-state index is 15.2. The van der Waals surface area contributed by atoms with Crippen molar-refractivity contribution in [2.75, 3.05) is 49.3 Å². The third-order valence-electron chi connectivity index (χ3n) is 16.2. The van der Waals surface area contributed by atoms with Crippen LogP contribution in [0.5, 0.6) is 0 Å². The van der Waals surface area contributed by atoms with Gasteiger partial charge in [0.05, 0.1) is 6.10 Å². The highest BCUT2D eigenvalue weighted by atomic mass is 16.3. The molecule has 0 spiro atoms. The van der Waals surface area contributed by atoms with Gasteiger partial charge >= 0.3 is 0 Å². The summed E-state index contributed by atoms with van der Waals surface area (Å²) in [6.45, 7) is 33.7. The molecule has 0 saturated carbocycles. The fourth-order valence-corrected chi connectivity index (χ4v) is 10.7. The first-order valence-corrected chi connectivity index (χ1v) is 30.7. The Balaban J connectivity index is 4.38. The Hall–Kier alpha value is -6.39. The molecule has 0 unspecified atom stereocenters. The predicted molar refractivity (Wildman–Crippen MR) is 333 cm³/mol. The molecule has 23 heteroatoms. The van der Waals surface area contributed by atoms with E-state index in [0.717, 1.165) is 14.7 Å². The van der Waals surface area contributed by atoms with Crippen molar-refractivity contribution in [3.63, 3.8) is 0 Å². The van der Waals surface area contributed by atoms with E-state index in [2.05, 4.69) is 27.8 Å². The van der Waals surface area contributed by atoms with Crippen LogP contribution in [0.15, 0.2) is 24.4 Å². The molecule has 1 rings (SSSR count). The SMILES string of the molecule is C=C1C(=O)N(C)[C@@H](CC(C)C)C(=O)N[C@H](C(C)C)C(=O)N(C)[C@H](CC(C)C)C(=O)N[C@H](C)C(=O)N[C@@H](C)C(=O)N(C)[C@H](CC(C)C)C(=O)N(C)[C@H](CC(C)C)C(=O)N(C)[C@H](C(C)C)C(=O)N(C)[C@H]([C@H](O)[C@H](C)C/C=C/C)C(=O)N[C@H](CC)C(=O)N1C. The summed E-state index contributed by atoms with van der Waals surface area (Å²) < 4.78 is 0. The molecule has 0 radical (unpaired) electrons. The van der Waals surface area contributed by atoms with Crippen LogP contribution in [0.2, 0.25) is 0 Å². The number of allylic oxidation sites excluding steroid dienone is 2. The molecule has 11 amide bonds. The lowest BCUT2D eigenvalue weighted by Gasteiger charge is -2.41. The number of hydrogen-bond donors (Lipinski definition) is 5. The standard InChI is InChI=1S/C63H111N11O12/c1-26-28-29-40(15)52(75)51-56(79)66-44(27-2)59(82)68(19)43(18)58(81)69(20)46(31-35(5)6)55(78)67-49(38(11)12)62(85)70(21)45(30-34(3)4)54(77)64-41(16)53(76)65-42(17)57(80)71(22)47(32-36(7)8)60(83)72(23)48(33-37(9)10)61(84)73(24)50(39(13)14)63(86)74(51)25/h26,28,34-42,44-52,75H,18,27,29-33H2,1-17,19-25H3,(H,64,77)(H,65,76)(H,66,79)(H,67,78)/b28-26+/t40-,41-,42+,44-,45-,46+,47-,48-,49-,50-,51-,52-/m1/s1. The number of amides is 11. The van der Waals surface area contributed by atoms with Crippen LogP contribution in [0.4, 0.5) is 0 Å². The van der Waals surface area contributed by atoms with Crippen LogP contribution in [0.25, 0.3) is 0 Å². The Labute approximate surface area is 514 Å². The molecular formula is C63H111N11O12. The Kier molecular flexibility index (Phi) is 31.4. The monoisotopic (exact) mass is 1210 g/mol. The summed E-state index contributed by atoms with van der Waals surface area (Å²) in [7, 11) is 9.75. The molecular weight excluding hydrogens is 1100 g/mol. The summed E-state index contributed by atoms with van der Waals surface area (Å²) in [5, 5.41) is 23.0. The minimum atomic E-state index is -1.64. The molecule has 0 aliphatic carbocycles. The molecule has 0 bridgehead atoms. The van der Waals surface area contributed by atoms with E-state index in [4.69, 9.17) is 0 Å². The number of likely N-dealkylation sites (N-methyl/N-ethyl adjacent to an activating group) is 7. The van der Waals surface area contributed by atoms with E-state index in [-0.39, 0.29) is 61.5 Å². The maximum Gasteiger partial charge on any atom is 0.270 e. The average Bonchev–Trinajstić information content (AvgIpc) is 2.39. The summed E-state index contributed by atoms with van der Waals surface area (Å²) in [4.78, 5) is 169. The van der Waals surface area contributed by atoms with E-state index in [1.165, 1.54) is 82.8 Å². The molecule has 12 atom stereocenters. The normalized spacial score (nSPS) is 26.8. The number of rotatable bonds is 15. The van der Waals surface area contributed by atoms with Gasteiger partial charge in [0.1, 0.15) is 66.1 Å². The lowest BCUT2D eigenvalue weighted by Crippen LogP contribution is -2.63. The van der Waals surface area contributed by atoms with Crippen LogP contribution < -0.4 is 21.3 Å². The molecule has 1 aliphatic heterocycles. The molecule has 0 aromatic heterocycles. The molecule has 23 nitrogen and oxygen atoms in total. The van der Waals surface area contributed by atoms with Gasteiger partial charge in [-0.05, 0) is 101 Å². The van der Waals surface area contributed by atoms with Crippen LogP contribution in [-0.2, 0) is 52.7 Å². The molecule has 1 heterocycles. The van der Waals surface area contributed by atoms with Crippen LogP contribution in [-0.4, -0.2) is 220 Å². The van der Waals surface area contributed by atoms with Gasteiger partial charge in [0.2, 0.25) is 59.1 Å². The van der Waals surface area contributed by atoms with E-state index >= 15 is 9.59 Å². The van der Waals surface area contributed by atoms with Crippen molar-refractivity contribution in [1.82, 2.24) is 55.6 Å². The number of nitrogens with one attached hydrogen (secondary N) is 4. The number of aliphatic hydroxyl groups is 1. The van der Waals surface area contributed by atoms with Crippen LogP contribution >= 0.6 is 0 Å². The summed E-state index contributed by atoms with van der Waals surface area (Å²) in [5.74, 6) is -10.3. The van der Waals surface area contributed by atoms with Crippen LogP contribution in [0.3, 0.4) is 0 Å². The zero-order valence-corrected chi connectivity index (χ0v) is 56.6.